The van der Waals surface area contributed by atoms with Gasteiger partial charge in [-0.15, -0.1) is 0 Å². The molecule has 1 aliphatic carbocycles. The van der Waals surface area contributed by atoms with Crippen molar-refractivity contribution in [1.29, 1.82) is 0 Å². The molecule has 1 saturated heterocycles. The molecule has 1 amide bonds. The molecule has 1 saturated carbocycles. The van der Waals surface area contributed by atoms with Crippen molar-refractivity contribution in [2.45, 2.75) is 57.6 Å². The van der Waals surface area contributed by atoms with Gasteiger partial charge in [0, 0.05) is 36.8 Å². The van der Waals surface area contributed by atoms with Crippen molar-refractivity contribution in [1.82, 2.24) is 4.90 Å². The monoisotopic (exact) mass is 406 g/mol. The number of fused-ring (bicyclic) bond motifs is 1. The second kappa shape index (κ2) is 8.81. The van der Waals surface area contributed by atoms with Gasteiger partial charge in [0.15, 0.2) is 0 Å². The lowest BCUT2D eigenvalue weighted by atomic mass is 9.66. The van der Waals surface area contributed by atoms with Crippen LogP contribution in [0.3, 0.4) is 0 Å². The smallest absolute Gasteiger partial charge is 0.254 e. The lowest BCUT2D eigenvalue weighted by Gasteiger charge is -2.52. The molecule has 1 heterocycles. The van der Waals surface area contributed by atoms with Crippen LogP contribution in [0.25, 0.3) is 0 Å². The van der Waals surface area contributed by atoms with Crippen molar-refractivity contribution in [3.63, 3.8) is 0 Å². The molecule has 4 rings (SSSR count). The number of nitrogens with zero attached hydrogens (tertiary/aromatic N) is 2. The van der Waals surface area contributed by atoms with Gasteiger partial charge in [0.25, 0.3) is 5.91 Å². The number of benzene rings is 2. The number of amides is 1. The third-order valence-electron chi connectivity index (χ3n) is 7.21. The molecule has 160 valence electrons. The van der Waals surface area contributed by atoms with Crippen molar-refractivity contribution < 1.29 is 9.90 Å². The minimum Gasteiger partial charge on any atom is -0.389 e. The standard InChI is InChI=1S/C26H34N2O2/c1-3-27(4-2)22-15-13-20(14-16-22)24-23-12-8-9-17-26(23,30)18-19-28(24)25(29)21-10-6-5-7-11-21/h5-7,10-11,13-16,23-24,30H,3-4,8-9,12,17-19H2,1-2H3. The molecule has 0 spiro atoms. The van der Waals surface area contributed by atoms with E-state index in [9.17, 15) is 9.90 Å². The zero-order chi connectivity index (χ0) is 21.1. The number of rotatable bonds is 5. The Morgan fingerprint density at radius 3 is 2.40 bits per heavy atom. The van der Waals surface area contributed by atoms with E-state index in [0.717, 1.165) is 49.9 Å². The Balaban J connectivity index is 1.71. The SMILES string of the molecule is CCN(CC)c1ccc(C2C3CCCCC3(O)CCN2C(=O)c2ccccc2)cc1. The van der Waals surface area contributed by atoms with Crippen LogP contribution in [-0.4, -0.2) is 41.1 Å². The van der Waals surface area contributed by atoms with Gasteiger partial charge >= 0.3 is 0 Å². The molecule has 2 fully saturated rings. The van der Waals surface area contributed by atoms with Crippen LogP contribution in [0, 0.1) is 5.92 Å². The highest BCUT2D eigenvalue weighted by Crippen LogP contribution is 2.49. The number of carbonyl (C=O) groups excluding carboxylic acids is 1. The minimum absolute atomic E-state index is 0.0704. The van der Waals surface area contributed by atoms with Crippen molar-refractivity contribution in [2.75, 3.05) is 24.5 Å². The average molecular weight is 407 g/mol. The fourth-order valence-corrected chi connectivity index (χ4v) is 5.54. The highest BCUT2D eigenvalue weighted by molar-refractivity contribution is 5.94. The topological polar surface area (TPSA) is 43.8 Å². The summed E-state index contributed by atoms with van der Waals surface area (Å²) in [6.07, 6.45) is 4.68. The number of hydrogen-bond donors (Lipinski definition) is 1. The zero-order valence-corrected chi connectivity index (χ0v) is 18.3. The summed E-state index contributed by atoms with van der Waals surface area (Å²) in [7, 11) is 0. The van der Waals surface area contributed by atoms with E-state index < -0.39 is 5.60 Å². The summed E-state index contributed by atoms with van der Waals surface area (Å²) in [5.41, 5.74) is 2.41. The summed E-state index contributed by atoms with van der Waals surface area (Å²) < 4.78 is 0. The molecule has 2 aliphatic rings. The maximum atomic E-state index is 13.5. The lowest BCUT2D eigenvalue weighted by Crippen LogP contribution is -2.56. The average Bonchev–Trinajstić information content (AvgIpc) is 2.79. The minimum atomic E-state index is -0.659. The lowest BCUT2D eigenvalue weighted by molar-refractivity contribution is -0.115. The maximum absolute atomic E-state index is 13.5. The first-order valence-electron chi connectivity index (χ1n) is 11.5. The van der Waals surface area contributed by atoms with E-state index in [4.69, 9.17) is 0 Å². The fraction of sp³-hybridized carbons (Fsp3) is 0.500. The van der Waals surface area contributed by atoms with Gasteiger partial charge in [-0.1, -0.05) is 43.2 Å². The molecule has 0 bridgehead atoms. The van der Waals surface area contributed by atoms with Gasteiger partial charge in [0.1, 0.15) is 0 Å². The summed E-state index contributed by atoms with van der Waals surface area (Å²) in [4.78, 5) is 17.8. The number of aliphatic hydroxyl groups is 1. The van der Waals surface area contributed by atoms with E-state index in [-0.39, 0.29) is 17.9 Å². The molecule has 3 unspecified atom stereocenters. The van der Waals surface area contributed by atoms with Crippen LogP contribution in [0.4, 0.5) is 5.69 Å². The molecule has 2 aromatic rings. The summed E-state index contributed by atoms with van der Waals surface area (Å²) in [5, 5.41) is 11.5. The van der Waals surface area contributed by atoms with E-state index in [1.807, 2.05) is 35.2 Å². The summed E-state index contributed by atoms with van der Waals surface area (Å²) in [6.45, 7) is 6.88. The van der Waals surface area contributed by atoms with Crippen LogP contribution in [0.1, 0.15) is 67.9 Å². The van der Waals surface area contributed by atoms with Gasteiger partial charge in [-0.25, -0.2) is 0 Å². The van der Waals surface area contributed by atoms with Crippen LogP contribution < -0.4 is 4.90 Å². The Labute approximate surface area is 180 Å². The molecule has 0 radical (unpaired) electrons. The second-order valence-corrected chi connectivity index (χ2v) is 8.78. The third-order valence-corrected chi connectivity index (χ3v) is 7.21. The quantitative estimate of drug-likeness (QED) is 0.756. The van der Waals surface area contributed by atoms with Crippen molar-refractivity contribution in [3.05, 3.63) is 65.7 Å². The first kappa shape index (κ1) is 20.9. The van der Waals surface area contributed by atoms with E-state index >= 15 is 0 Å². The molecule has 3 atom stereocenters. The van der Waals surface area contributed by atoms with Gasteiger partial charge in [0.05, 0.1) is 11.6 Å². The molecule has 2 aromatic carbocycles. The van der Waals surface area contributed by atoms with Crippen LogP contribution >= 0.6 is 0 Å². The molecule has 4 heteroatoms. The van der Waals surface area contributed by atoms with Crippen LogP contribution in [0.15, 0.2) is 54.6 Å². The maximum Gasteiger partial charge on any atom is 0.254 e. The van der Waals surface area contributed by atoms with Crippen LogP contribution in [0.5, 0.6) is 0 Å². The highest BCUT2D eigenvalue weighted by Gasteiger charge is 2.50. The molecule has 0 aromatic heterocycles. The van der Waals surface area contributed by atoms with E-state index in [1.165, 1.54) is 5.69 Å². The molecule has 1 aliphatic heterocycles. The van der Waals surface area contributed by atoms with Gasteiger partial charge in [-0.2, -0.15) is 0 Å². The second-order valence-electron chi connectivity index (χ2n) is 8.78. The summed E-state index contributed by atoms with van der Waals surface area (Å²) >= 11 is 0. The van der Waals surface area contributed by atoms with Gasteiger partial charge in [-0.05, 0) is 62.9 Å². The van der Waals surface area contributed by atoms with Crippen LogP contribution in [0.2, 0.25) is 0 Å². The Morgan fingerprint density at radius 2 is 1.73 bits per heavy atom. The Hall–Kier alpha value is -2.33. The van der Waals surface area contributed by atoms with Crippen molar-refractivity contribution >= 4 is 11.6 Å². The molecule has 30 heavy (non-hydrogen) atoms. The predicted molar refractivity (Wildman–Crippen MR) is 122 cm³/mol. The molecular formula is C26H34N2O2. The summed E-state index contributed by atoms with van der Waals surface area (Å²) in [6, 6.07) is 18.2. The van der Waals surface area contributed by atoms with E-state index in [0.29, 0.717) is 13.0 Å². The predicted octanol–water partition coefficient (Wildman–Crippen LogP) is 5.04. The first-order valence-corrected chi connectivity index (χ1v) is 11.5. The first-order chi connectivity index (χ1) is 14.6. The molecule has 1 N–H and O–H groups in total. The highest BCUT2D eigenvalue weighted by atomic mass is 16.3. The normalized spacial score (nSPS) is 26.2. The summed E-state index contributed by atoms with van der Waals surface area (Å²) in [5.74, 6) is 0.160. The van der Waals surface area contributed by atoms with Gasteiger partial charge in [-0.3, -0.25) is 4.79 Å². The van der Waals surface area contributed by atoms with Crippen molar-refractivity contribution in [3.8, 4) is 0 Å². The Kier molecular flexibility index (Phi) is 6.14. The zero-order valence-electron chi connectivity index (χ0n) is 18.3. The van der Waals surface area contributed by atoms with Gasteiger partial charge < -0.3 is 14.9 Å². The number of piperidine rings is 1. The largest absolute Gasteiger partial charge is 0.389 e. The van der Waals surface area contributed by atoms with E-state index in [1.54, 1.807) is 0 Å². The number of likely N-dealkylation sites (tertiary alicyclic amines) is 1. The van der Waals surface area contributed by atoms with Crippen molar-refractivity contribution in [2.24, 2.45) is 5.92 Å². The number of hydrogen-bond acceptors (Lipinski definition) is 3. The fourth-order valence-electron chi connectivity index (χ4n) is 5.54. The van der Waals surface area contributed by atoms with Crippen LogP contribution in [-0.2, 0) is 0 Å². The molecule has 4 nitrogen and oxygen atoms in total. The van der Waals surface area contributed by atoms with Gasteiger partial charge in [0.2, 0.25) is 0 Å². The third kappa shape index (κ3) is 3.85. The number of anilines is 1. The van der Waals surface area contributed by atoms with E-state index in [2.05, 4.69) is 43.0 Å². The molecular weight excluding hydrogens is 372 g/mol. The number of carbonyl (C=O) groups is 1. The Morgan fingerprint density at radius 1 is 1.03 bits per heavy atom. The Bertz CT molecular complexity index is 847.